The monoisotopic (exact) mass is 1210 g/mol. The van der Waals surface area contributed by atoms with Crippen LogP contribution in [0, 0.1) is 20.2 Å². The van der Waals surface area contributed by atoms with Crippen molar-refractivity contribution in [2.45, 2.75) is 50.3 Å². The molecule has 362 valence electrons. The van der Waals surface area contributed by atoms with Crippen LogP contribution in [-0.4, -0.2) is 49.1 Å². The maximum atomic E-state index is 14.7. The second-order valence-electron chi connectivity index (χ2n) is 16.3. The molecule has 6 aromatic carbocycles. The van der Waals surface area contributed by atoms with Gasteiger partial charge in [0.25, 0.3) is 0 Å². The van der Waals surface area contributed by atoms with Crippen LogP contribution in [0.5, 0.6) is 23.0 Å². The van der Waals surface area contributed by atoms with Gasteiger partial charge in [0.2, 0.25) is 0 Å². The van der Waals surface area contributed by atoms with E-state index in [2.05, 4.69) is 74.4 Å². The maximum absolute atomic E-state index is 14.7. The van der Waals surface area contributed by atoms with E-state index in [0.717, 1.165) is 11.1 Å². The predicted molar refractivity (Wildman–Crippen MR) is 271 cm³/mol. The average molecular weight is 1210 g/mol. The molecule has 0 amide bonds. The summed E-state index contributed by atoms with van der Waals surface area (Å²) in [4.78, 5) is 53.8. The summed E-state index contributed by atoms with van der Waals surface area (Å²) < 4.78 is 38.0. The number of esters is 2. The van der Waals surface area contributed by atoms with Crippen molar-refractivity contribution in [3.63, 3.8) is 0 Å². The summed E-state index contributed by atoms with van der Waals surface area (Å²) in [5.74, 6) is -1.92. The normalized spacial score (nSPS) is 17.1. The van der Waals surface area contributed by atoms with E-state index in [1.807, 2.05) is 60.7 Å². The summed E-state index contributed by atoms with van der Waals surface area (Å²) in [7, 11) is 3.01. The zero-order valence-electron chi connectivity index (χ0n) is 37.4. The number of halogens is 4. The van der Waals surface area contributed by atoms with Crippen LogP contribution in [0.25, 0.3) is 0 Å². The predicted octanol–water partition coefficient (Wildman–Crippen LogP) is 10.6. The Balaban J connectivity index is 1.20. The highest BCUT2D eigenvalue weighted by atomic mass is 79.9. The zero-order chi connectivity index (χ0) is 49.7. The Morgan fingerprint density at radius 2 is 0.914 bits per heavy atom. The highest BCUT2D eigenvalue weighted by Gasteiger charge is 2.48. The molecule has 0 saturated carbocycles. The van der Waals surface area contributed by atoms with Crippen LogP contribution in [0.2, 0.25) is 0 Å². The van der Waals surface area contributed by atoms with Crippen LogP contribution >= 0.6 is 63.7 Å². The lowest BCUT2D eigenvalue weighted by atomic mass is 9.85. The third-order valence-corrected chi connectivity index (χ3v) is 14.2. The van der Waals surface area contributed by atoms with Gasteiger partial charge in [-0.3, -0.25) is 30.9 Å². The zero-order valence-corrected chi connectivity index (χ0v) is 43.7. The standard InChI is InChI=1S/C50H42Br4N4O12/c1-65-45-37(51)17-31(18-38(45)52)25-49(35-23-41(57(61)62)43(21-33(35)13-15-55-49)67-27-29-9-5-3-6-10-29)69-47(59)48(60)70-50(26-32-19-39(53)46(66-2)40(54)20-32)36-24-42(58(63)64)44(22-34(36)14-16-56-50)68-28-30-11-7-4-8-12-30/h3-12,17-24,55-56H,13-16,25-28H2,1-2H3. The van der Waals surface area contributed by atoms with Gasteiger partial charge in [0.05, 0.1) is 42.0 Å². The first-order valence-corrected chi connectivity index (χ1v) is 24.8. The molecule has 0 saturated heterocycles. The summed E-state index contributed by atoms with van der Waals surface area (Å²) in [5.41, 5.74) is -0.325. The van der Waals surface area contributed by atoms with Gasteiger partial charge in [-0.15, -0.1) is 0 Å². The van der Waals surface area contributed by atoms with Crippen LogP contribution in [0.4, 0.5) is 11.4 Å². The van der Waals surface area contributed by atoms with E-state index >= 15 is 0 Å². The highest BCUT2D eigenvalue weighted by Crippen LogP contribution is 2.45. The van der Waals surface area contributed by atoms with Gasteiger partial charge in [-0.2, -0.15) is 0 Å². The van der Waals surface area contributed by atoms with E-state index in [1.165, 1.54) is 26.4 Å². The largest absolute Gasteiger partial charge is 0.494 e. The smallest absolute Gasteiger partial charge is 0.419 e. The average Bonchev–Trinajstić information content (AvgIpc) is 3.32. The van der Waals surface area contributed by atoms with E-state index in [0.29, 0.717) is 64.5 Å². The highest BCUT2D eigenvalue weighted by molar-refractivity contribution is 9.11. The summed E-state index contributed by atoms with van der Waals surface area (Å²) in [6.07, 6.45) is 0.419. The number of hydrogen-bond acceptors (Lipinski definition) is 14. The molecule has 0 fully saturated rings. The Morgan fingerprint density at radius 3 is 1.24 bits per heavy atom. The van der Waals surface area contributed by atoms with Crippen molar-refractivity contribution >= 4 is 87.0 Å². The number of carbonyl (C=O) groups excluding carboxylic acids is 2. The molecular formula is C50H42Br4N4O12. The number of methoxy groups -OCH3 is 2. The Morgan fingerprint density at radius 1 is 0.557 bits per heavy atom. The minimum atomic E-state index is -1.90. The van der Waals surface area contributed by atoms with Gasteiger partial charge in [-0.1, -0.05) is 60.7 Å². The molecule has 0 bridgehead atoms. The van der Waals surface area contributed by atoms with Crippen LogP contribution in [0.15, 0.2) is 127 Å². The number of nitro groups is 2. The summed E-state index contributed by atoms with van der Waals surface area (Å²) >= 11 is 14.2. The number of nitro benzene ring substituents is 2. The molecule has 16 nitrogen and oxygen atoms in total. The lowest BCUT2D eigenvalue weighted by molar-refractivity contribution is -0.386. The molecular weight excluding hydrogens is 1170 g/mol. The second kappa shape index (κ2) is 21.6. The first-order chi connectivity index (χ1) is 33.6. The molecule has 0 spiro atoms. The molecule has 70 heavy (non-hydrogen) atoms. The van der Waals surface area contributed by atoms with Crippen molar-refractivity contribution in [1.82, 2.24) is 10.6 Å². The fourth-order valence-corrected chi connectivity index (χ4v) is 11.9. The van der Waals surface area contributed by atoms with Gasteiger partial charge >= 0.3 is 23.3 Å². The Hall–Kier alpha value is -5.90. The molecule has 2 aliphatic heterocycles. The molecule has 2 aliphatic rings. The molecule has 0 aliphatic carbocycles. The number of rotatable bonds is 16. The molecule has 0 radical (unpaired) electrons. The van der Waals surface area contributed by atoms with Crippen LogP contribution < -0.4 is 29.6 Å². The van der Waals surface area contributed by atoms with E-state index < -0.39 is 44.6 Å². The lowest BCUT2D eigenvalue weighted by Crippen LogP contribution is -2.55. The first kappa shape index (κ1) is 50.5. The molecule has 0 aromatic heterocycles. The summed E-state index contributed by atoms with van der Waals surface area (Å²) in [6, 6.07) is 31.1. The van der Waals surface area contributed by atoms with Gasteiger partial charge < -0.3 is 28.4 Å². The molecule has 2 heterocycles. The Kier molecular flexibility index (Phi) is 15.6. The van der Waals surface area contributed by atoms with Gasteiger partial charge in [0.1, 0.15) is 24.7 Å². The third-order valence-electron chi connectivity index (χ3n) is 11.8. The molecule has 2 N–H and O–H groups in total. The van der Waals surface area contributed by atoms with Gasteiger partial charge in [0, 0.05) is 49.2 Å². The lowest BCUT2D eigenvalue weighted by Gasteiger charge is -2.41. The summed E-state index contributed by atoms with van der Waals surface area (Å²) in [6.45, 7) is 0.518. The van der Waals surface area contributed by atoms with Crippen molar-refractivity contribution < 1.29 is 47.9 Å². The fourth-order valence-electron chi connectivity index (χ4n) is 8.73. The second-order valence-corrected chi connectivity index (χ2v) is 19.8. The number of nitrogens with one attached hydrogen (secondary N) is 2. The molecule has 8 rings (SSSR count). The van der Waals surface area contributed by atoms with E-state index in [4.69, 9.17) is 28.4 Å². The van der Waals surface area contributed by atoms with E-state index in [9.17, 15) is 29.8 Å². The Bertz CT molecular complexity index is 2760. The van der Waals surface area contributed by atoms with Crippen molar-refractivity contribution in [1.29, 1.82) is 0 Å². The minimum absolute atomic E-state index is 0.00702. The van der Waals surface area contributed by atoms with Gasteiger partial charge in [-0.25, -0.2) is 9.59 Å². The number of hydrogen-bond donors (Lipinski definition) is 2. The van der Waals surface area contributed by atoms with Crippen molar-refractivity contribution in [2.75, 3.05) is 27.3 Å². The quantitative estimate of drug-likeness (QED) is 0.0401. The number of fused-ring (bicyclic) bond motifs is 2. The van der Waals surface area contributed by atoms with Crippen molar-refractivity contribution in [3.05, 3.63) is 192 Å². The van der Waals surface area contributed by atoms with Crippen LogP contribution in [-0.2, 0) is 69.4 Å². The molecule has 2 unspecified atom stereocenters. The van der Waals surface area contributed by atoms with E-state index in [1.54, 1.807) is 36.4 Å². The SMILES string of the molecule is COc1c(Br)cc(CC2(OC(=O)C(=O)OC3(Cc4cc(Br)c(OC)c(Br)c4)NCCc4cc(OCc5ccccc5)c([N+](=O)[O-])cc43)NCCc3cc(OCc4ccccc4)c([N+](=O)[O-])cc32)cc1Br. The molecule has 6 aromatic rings. The molecule has 20 heteroatoms. The topological polar surface area (TPSA) is 200 Å². The van der Waals surface area contributed by atoms with E-state index in [-0.39, 0.29) is 61.8 Å². The number of carbonyl (C=O) groups is 2. The number of nitrogens with zero attached hydrogens (tertiary/aromatic N) is 2. The van der Waals surface area contributed by atoms with Crippen molar-refractivity contribution in [3.8, 4) is 23.0 Å². The number of benzene rings is 6. The summed E-state index contributed by atoms with van der Waals surface area (Å²) in [5, 5.41) is 32.1. The minimum Gasteiger partial charge on any atom is -0.494 e. The maximum Gasteiger partial charge on any atom is 0.419 e. The van der Waals surface area contributed by atoms with Gasteiger partial charge in [-0.05, 0) is 146 Å². The van der Waals surface area contributed by atoms with Crippen LogP contribution in [0.3, 0.4) is 0 Å². The van der Waals surface area contributed by atoms with Gasteiger partial charge in [0.15, 0.2) is 22.9 Å². The third kappa shape index (κ3) is 10.9. The van der Waals surface area contributed by atoms with Crippen molar-refractivity contribution in [2.24, 2.45) is 0 Å². The number of ether oxygens (including phenoxy) is 6. The molecule has 2 atom stereocenters. The fraction of sp³-hybridized carbons (Fsp3) is 0.240. The first-order valence-electron chi connectivity index (χ1n) is 21.6. The van der Waals surface area contributed by atoms with Crippen LogP contribution in [0.1, 0.15) is 44.5 Å². The Labute approximate surface area is 435 Å².